The largest absolute Gasteiger partial charge is 0.383 e. The molecule has 1 aromatic rings. The Morgan fingerprint density at radius 1 is 1.64 bits per heavy atom. The van der Waals surface area contributed by atoms with Crippen molar-refractivity contribution in [1.82, 2.24) is 10.3 Å². The molecule has 0 aliphatic carbocycles. The maximum Gasteiger partial charge on any atom is 0.0658 e. The monoisotopic (exact) mass is 214 g/mol. The molecule has 0 spiro atoms. The zero-order valence-corrected chi connectivity index (χ0v) is 9.21. The van der Waals surface area contributed by atoms with Gasteiger partial charge < -0.3 is 10.1 Å². The standard InChI is InChI=1S/C10H15ClN2O/c1-3-13-10(7-14-2)8-4-5-12-6-9(8)11/h4-6,10,13H,3,7H2,1-2H3. The molecule has 0 aromatic carbocycles. The summed E-state index contributed by atoms with van der Waals surface area (Å²) in [5.74, 6) is 0. The highest BCUT2D eigenvalue weighted by molar-refractivity contribution is 6.31. The van der Waals surface area contributed by atoms with Crippen molar-refractivity contribution >= 4 is 11.6 Å². The number of nitrogens with zero attached hydrogens (tertiary/aromatic N) is 1. The fraction of sp³-hybridized carbons (Fsp3) is 0.500. The summed E-state index contributed by atoms with van der Waals surface area (Å²) in [5.41, 5.74) is 1.03. The molecule has 0 fully saturated rings. The van der Waals surface area contributed by atoms with Gasteiger partial charge in [0.1, 0.15) is 0 Å². The molecule has 1 atom stereocenters. The van der Waals surface area contributed by atoms with Gasteiger partial charge in [0.2, 0.25) is 0 Å². The van der Waals surface area contributed by atoms with Crippen LogP contribution in [0.25, 0.3) is 0 Å². The molecule has 1 unspecified atom stereocenters. The fourth-order valence-electron chi connectivity index (χ4n) is 1.34. The molecule has 0 saturated carbocycles. The van der Waals surface area contributed by atoms with E-state index >= 15 is 0 Å². The first kappa shape index (κ1) is 11.4. The molecule has 1 rings (SSSR count). The predicted octanol–water partition coefficient (Wildman–Crippen LogP) is 2.03. The third-order valence-corrected chi connectivity index (χ3v) is 2.28. The number of likely N-dealkylation sites (N-methyl/N-ethyl adjacent to an activating group) is 1. The van der Waals surface area contributed by atoms with E-state index in [1.54, 1.807) is 19.5 Å². The van der Waals surface area contributed by atoms with Gasteiger partial charge in [-0.25, -0.2) is 0 Å². The van der Waals surface area contributed by atoms with Gasteiger partial charge in [0.15, 0.2) is 0 Å². The van der Waals surface area contributed by atoms with Crippen LogP contribution in [0.2, 0.25) is 5.02 Å². The highest BCUT2D eigenvalue weighted by Gasteiger charge is 2.12. The number of rotatable bonds is 5. The molecular formula is C10H15ClN2O. The lowest BCUT2D eigenvalue weighted by molar-refractivity contribution is 0.168. The average molecular weight is 215 g/mol. The number of ether oxygens (including phenoxy) is 1. The molecule has 78 valence electrons. The summed E-state index contributed by atoms with van der Waals surface area (Å²) in [4.78, 5) is 3.95. The Morgan fingerprint density at radius 2 is 2.43 bits per heavy atom. The third kappa shape index (κ3) is 2.94. The van der Waals surface area contributed by atoms with Crippen LogP contribution in [0.4, 0.5) is 0 Å². The lowest BCUT2D eigenvalue weighted by atomic mass is 10.1. The molecule has 14 heavy (non-hydrogen) atoms. The van der Waals surface area contributed by atoms with Gasteiger partial charge in [-0.05, 0) is 18.2 Å². The number of hydrogen-bond acceptors (Lipinski definition) is 3. The maximum atomic E-state index is 6.03. The number of hydrogen-bond donors (Lipinski definition) is 1. The Hall–Kier alpha value is -0.640. The minimum atomic E-state index is 0.139. The summed E-state index contributed by atoms with van der Waals surface area (Å²) in [6.45, 7) is 3.54. The lowest BCUT2D eigenvalue weighted by Crippen LogP contribution is -2.25. The summed E-state index contributed by atoms with van der Waals surface area (Å²) in [5, 5.41) is 3.98. The smallest absolute Gasteiger partial charge is 0.0658 e. The van der Waals surface area contributed by atoms with Gasteiger partial charge in [0.05, 0.1) is 17.7 Å². The summed E-state index contributed by atoms with van der Waals surface area (Å²) < 4.78 is 5.12. The number of methoxy groups -OCH3 is 1. The second kappa shape index (κ2) is 5.96. The van der Waals surface area contributed by atoms with E-state index in [4.69, 9.17) is 16.3 Å². The van der Waals surface area contributed by atoms with Crippen LogP contribution in [0, 0.1) is 0 Å². The van der Waals surface area contributed by atoms with Crippen molar-refractivity contribution in [3.05, 3.63) is 29.0 Å². The summed E-state index contributed by atoms with van der Waals surface area (Å²) in [6.07, 6.45) is 3.39. The van der Waals surface area contributed by atoms with Gasteiger partial charge in [-0.15, -0.1) is 0 Å². The van der Waals surface area contributed by atoms with Crippen LogP contribution in [0.5, 0.6) is 0 Å². The first-order valence-corrected chi connectivity index (χ1v) is 4.99. The molecule has 1 aromatic heterocycles. The number of nitrogens with one attached hydrogen (secondary N) is 1. The minimum absolute atomic E-state index is 0.139. The van der Waals surface area contributed by atoms with Crippen molar-refractivity contribution < 1.29 is 4.74 Å². The number of halogens is 1. The molecule has 1 heterocycles. The molecule has 0 bridgehead atoms. The van der Waals surface area contributed by atoms with E-state index < -0.39 is 0 Å². The van der Waals surface area contributed by atoms with Crippen molar-refractivity contribution in [2.45, 2.75) is 13.0 Å². The zero-order valence-electron chi connectivity index (χ0n) is 8.46. The fourth-order valence-corrected chi connectivity index (χ4v) is 1.59. The van der Waals surface area contributed by atoms with Gasteiger partial charge in [-0.3, -0.25) is 4.98 Å². The second-order valence-electron chi connectivity index (χ2n) is 2.96. The summed E-state index contributed by atoms with van der Waals surface area (Å²) >= 11 is 6.03. The van der Waals surface area contributed by atoms with Crippen molar-refractivity contribution in [2.24, 2.45) is 0 Å². The van der Waals surface area contributed by atoms with Crippen LogP contribution in [-0.2, 0) is 4.74 Å². The van der Waals surface area contributed by atoms with E-state index in [0.717, 1.165) is 12.1 Å². The Balaban J connectivity index is 2.81. The van der Waals surface area contributed by atoms with Crippen LogP contribution in [-0.4, -0.2) is 25.2 Å². The van der Waals surface area contributed by atoms with Gasteiger partial charge in [0.25, 0.3) is 0 Å². The predicted molar refractivity (Wildman–Crippen MR) is 57.5 cm³/mol. The number of aromatic nitrogens is 1. The van der Waals surface area contributed by atoms with Gasteiger partial charge >= 0.3 is 0 Å². The van der Waals surface area contributed by atoms with Crippen LogP contribution < -0.4 is 5.32 Å². The molecule has 0 saturated heterocycles. The highest BCUT2D eigenvalue weighted by atomic mass is 35.5. The van der Waals surface area contributed by atoms with Crippen molar-refractivity contribution in [2.75, 3.05) is 20.3 Å². The van der Waals surface area contributed by atoms with Crippen molar-refractivity contribution in [3.8, 4) is 0 Å². The Labute approximate surface area is 89.4 Å². The summed E-state index contributed by atoms with van der Waals surface area (Å²) in [6, 6.07) is 2.05. The van der Waals surface area contributed by atoms with Gasteiger partial charge in [-0.2, -0.15) is 0 Å². The maximum absolute atomic E-state index is 6.03. The van der Waals surface area contributed by atoms with Crippen molar-refractivity contribution in [1.29, 1.82) is 0 Å². The SMILES string of the molecule is CCNC(COC)c1ccncc1Cl. The molecule has 4 heteroatoms. The summed E-state index contributed by atoms with van der Waals surface area (Å²) in [7, 11) is 1.68. The quantitative estimate of drug-likeness (QED) is 0.815. The van der Waals surface area contributed by atoms with Gasteiger partial charge in [-0.1, -0.05) is 18.5 Å². The van der Waals surface area contributed by atoms with E-state index in [1.165, 1.54) is 0 Å². The van der Waals surface area contributed by atoms with E-state index in [1.807, 2.05) is 6.07 Å². The topological polar surface area (TPSA) is 34.1 Å². The first-order chi connectivity index (χ1) is 6.79. The van der Waals surface area contributed by atoms with Crippen LogP contribution >= 0.6 is 11.6 Å². The van der Waals surface area contributed by atoms with Gasteiger partial charge in [0, 0.05) is 19.5 Å². The Morgan fingerprint density at radius 3 is 3.00 bits per heavy atom. The zero-order chi connectivity index (χ0) is 10.4. The number of pyridine rings is 1. The molecule has 3 nitrogen and oxygen atoms in total. The lowest BCUT2D eigenvalue weighted by Gasteiger charge is -2.18. The highest BCUT2D eigenvalue weighted by Crippen LogP contribution is 2.21. The second-order valence-corrected chi connectivity index (χ2v) is 3.37. The molecule has 0 aliphatic heterocycles. The molecule has 0 aliphatic rings. The van der Waals surface area contributed by atoms with E-state index in [0.29, 0.717) is 11.6 Å². The van der Waals surface area contributed by atoms with Crippen LogP contribution in [0.15, 0.2) is 18.5 Å². The Kier molecular flexibility index (Phi) is 4.87. The average Bonchev–Trinajstić information content (AvgIpc) is 2.18. The third-order valence-electron chi connectivity index (χ3n) is 1.96. The van der Waals surface area contributed by atoms with E-state index in [-0.39, 0.29) is 6.04 Å². The molecule has 0 radical (unpaired) electrons. The molecule has 1 N–H and O–H groups in total. The van der Waals surface area contributed by atoms with Crippen LogP contribution in [0.1, 0.15) is 18.5 Å². The molecule has 0 amide bonds. The molecular weight excluding hydrogens is 200 g/mol. The van der Waals surface area contributed by atoms with Crippen molar-refractivity contribution in [3.63, 3.8) is 0 Å². The minimum Gasteiger partial charge on any atom is -0.383 e. The van der Waals surface area contributed by atoms with Crippen LogP contribution in [0.3, 0.4) is 0 Å². The normalized spacial score (nSPS) is 12.8. The first-order valence-electron chi connectivity index (χ1n) is 4.61. The van der Waals surface area contributed by atoms with E-state index in [9.17, 15) is 0 Å². The van der Waals surface area contributed by atoms with E-state index in [2.05, 4.69) is 17.2 Å². The Bertz CT molecular complexity index is 275.